The standard InChI is InChI=1S/C30H33N5O3/c1-38-24-6-5-23(32-17-24)15-28(36)34-12-10-30(11-13-34)18-35(19-30)27-9-4-20-14-21(2-7-25(20)27)26-8-3-22(16-33-26)29(31)37/h2-3,5-8,14,16-17,27H,4,9-13,15,18-19H2,1H3,(H2,31,37)/t27-/m1/s1. The Morgan fingerprint density at radius 1 is 1.05 bits per heavy atom. The van der Waals surface area contributed by atoms with Gasteiger partial charge >= 0.3 is 0 Å². The van der Waals surface area contributed by atoms with Gasteiger partial charge in [-0.25, -0.2) is 0 Å². The predicted molar refractivity (Wildman–Crippen MR) is 144 cm³/mol. The van der Waals surface area contributed by atoms with Crippen molar-refractivity contribution in [2.45, 2.75) is 38.1 Å². The number of likely N-dealkylation sites (tertiary alicyclic amines) is 2. The smallest absolute Gasteiger partial charge is 0.250 e. The van der Waals surface area contributed by atoms with Gasteiger partial charge in [-0.15, -0.1) is 0 Å². The summed E-state index contributed by atoms with van der Waals surface area (Å²) in [6, 6.07) is 14.4. The van der Waals surface area contributed by atoms with Gasteiger partial charge in [-0.3, -0.25) is 24.5 Å². The third-order valence-electron chi connectivity index (χ3n) is 8.59. The number of primary amides is 1. The molecule has 0 bridgehead atoms. The van der Waals surface area contributed by atoms with Crippen molar-refractivity contribution in [3.63, 3.8) is 0 Å². The highest BCUT2D eigenvalue weighted by Gasteiger charge is 2.48. The van der Waals surface area contributed by atoms with E-state index in [1.54, 1.807) is 25.6 Å². The van der Waals surface area contributed by atoms with E-state index < -0.39 is 5.91 Å². The monoisotopic (exact) mass is 511 g/mol. The van der Waals surface area contributed by atoms with Crippen molar-refractivity contribution in [3.8, 4) is 17.0 Å². The zero-order valence-corrected chi connectivity index (χ0v) is 21.7. The van der Waals surface area contributed by atoms with Crippen LogP contribution in [0.2, 0.25) is 0 Å². The van der Waals surface area contributed by atoms with Gasteiger partial charge in [0.15, 0.2) is 0 Å². The van der Waals surface area contributed by atoms with Crippen LogP contribution in [0, 0.1) is 5.41 Å². The average molecular weight is 512 g/mol. The van der Waals surface area contributed by atoms with Crippen LogP contribution in [0.25, 0.3) is 11.3 Å². The van der Waals surface area contributed by atoms with Crippen molar-refractivity contribution in [3.05, 3.63) is 77.2 Å². The second-order valence-electron chi connectivity index (χ2n) is 10.9. The molecule has 2 amide bonds. The highest BCUT2D eigenvalue weighted by atomic mass is 16.5. The Bertz CT molecular complexity index is 1340. The van der Waals surface area contributed by atoms with Gasteiger partial charge in [0.05, 0.1) is 31.0 Å². The molecule has 2 aromatic heterocycles. The molecule has 196 valence electrons. The summed E-state index contributed by atoms with van der Waals surface area (Å²) in [6.45, 7) is 3.87. The number of carbonyl (C=O) groups is 2. The van der Waals surface area contributed by atoms with Crippen LogP contribution in [-0.4, -0.2) is 64.9 Å². The lowest BCUT2D eigenvalue weighted by molar-refractivity contribution is -0.136. The second kappa shape index (κ2) is 9.83. The number of fused-ring (bicyclic) bond motifs is 1. The van der Waals surface area contributed by atoms with E-state index in [9.17, 15) is 9.59 Å². The summed E-state index contributed by atoms with van der Waals surface area (Å²) in [7, 11) is 1.61. The third kappa shape index (κ3) is 4.65. The summed E-state index contributed by atoms with van der Waals surface area (Å²) >= 11 is 0. The van der Waals surface area contributed by atoms with E-state index >= 15 is 0 Å². The number of aryl methyl sites for hydroxylation is 1. The van der Waals surface area contributed by atoms with Gasteiger partial charge in [-0.1, -0.05) is 12.1 Å². The van der Waals surface area contributed by atoms with Crippen molar-refractivity contribution < 1.29 is 14.3 Å². The molecule has 38 heavy (non-hydrogen) atoms. The Morgan fingerprint density at radius 3 is 2.53 bits per heavy atom. The fourth-order valence-corrected chi connectivity index (χ4v) is 6.33. The van der Waals surface area contributed by atoms with E-state index in [0.717, 1.165) is 68.8 Å². The van der Waals surface area contributed by atoms with Gasteiger partial charge in [0.2, 0.25) is 11.8 Å². The fourth-order valence-electron chi connectivity index (χ4n) is 6.33. The molecule has 2 aliphatic heterocycles. The number of benzene rings is 1. The van der Waals surface area contributed by atoms with E-state index in [-0.39, 0.29) is 5.91 Å². The fraction of sp³-hybridized carbons (Fsp3) is 0.400. The third-order valence-corrected chi connectivity index (χ3v) is 8.59. The Kier molecular flexibility index (Phi) is 6.35. The van der Waals surface area contributed by atoms with Gasteiger partial charge in [0, 0.05) is 49.7 Å². The summed E-state index contributed by atoms with van der Waals surface area (Å²) in [5, 5.41) is 0. The molecular formula is C30H33N5O3. The normalized spacial score (nSPS) is 20.1. The van der Waals surface area contributed by atoms with Crippen LogP contribution in [0.1, 0.15) is 52.5 Å². The zero-order chi connectivity index (χ0) is 26.3. The number of rotatable bonds is 6. The molecule has 0 radical (unpaired) electrons. The van der Waals surface area contributed by atoms with Crippen molar-refractivity contribution in [2.24, 2.45) is 11.1 Å². The number of methoxy groups -OCH3 is 1. The lowest BCUT2D eigenvalue weighted by atomic mass is 9.71. The maximum atomic E-state index is 12.8. The van der Waals surface area contributed by atoms with E-state index in [1.807, 2.05) is 23.1 Å². The molecule has 3 aromatic rings. The Labute approximate surface area is 222 Å². The minimum absolute atomic E-state index is 0.160. The Hall–Kier alpha value is -3.78. The summed E-state index contributed by atoms with van der Waals surface area (Å²) in [4.78, 5) is 37.6. The number of pyridine rings is 2. The van der Waals surface area contributed by atoms with Gasteiger partial charge < -0.3 is 15.4 Å². The van der Waals surface area contributed by atoms with Crippen LogP contribution < -0.4 is 10.5 Å². The topological polar surface area (TPSA) is 102 Å². The minimum Gasteiger partial charge on any atom is -0.495 e. The molecule has 2 saturated heterocycles. The minimum atomic E-state index is -0.462. The first-order chi connectivity index (χ1) is 18.4. The molecule has 3 aliphatic rings. The molecule has 1 aliphatic carbocycles. The summed E-state index contributed by atoms with van der Waals surface area (Å²) < 4.78 is 5.15. The summed E-state index contributed by atoms with van der Waals surface area (Å²) in [5.74, 6) is 0.402. The highest BCUT2D eigenvalue weighted by molar-refractivity contribution is 5.92. The summed E-state index contributed by atoms with van der Waals surface area (Å²) in [5.41, 5.74) is 11.6. The number of aromatic nitrogens is 2. The van der Waals surface area contributed by atoms with Crippen LogP contribution in [0.15, 0.2) is 54.9 Å². The molecule has 2 N–H and O–H groups in total. The molecule has 0 unspecified atom stereocenters. The quantitative estimate of drug-likeness (QED) is 0.544. The average Bonchev–Trinajstić information content (AvgIpc) is 3.35. The van der Waals surface area contributed by atoms with Crippen molar-refractivity contribution >= 4 is 11.8 Å². The van der Waals surface area contributed by atoms with E-state index in [2.05, 4.69) is 33.1 Å². The number of hydrogen-bond acceptors (Lipinski definition) is 6. The first-order valence-electron chi connectivity index (χ1n) is 13.3. The first-order valence-corrected chi connectivity index (χ1v) is 13.3. The molecule has 1 atom stereocenters. The molecule has 1 spiro atoms. The predicted octanol–water partition coefficient (Wildman–Crippen LogP) is 3.41. The van der Waals surface area contributed by atoms with E-state index in [4.69, 9.17) is 10.5 Å². The van der Waals surface area contributed by atoms with Crippen molar-refractivity contribution in [1.82, 2.24) is 19.8 Å². The van der Waals surface area contributed by atoms with Crippen LogP contribution in [0.4, 0.5) is 0 Å². The number of piperidine rings is 1. The second-order valence-corrected chi connectivity index (χ2v) is 10.9. The molecule has 6 rings (SSSR count). The first kappa shape index (κ1) is 24.6. The molecule has 8 heteroatoms. The number of nitrogens with two attached hydrogens (primary N) is 1. The van der Waals surface area contributed by atoms with Gasteiger partial charge in [0.25, 0.3) is 0 Å². The number of ether oxygens (including phenoxy) is 1. The lowest BCUT2D eigenvalue weighted by Crippen LogP contribution is -2.61. The summed E-state index contributed by atoms with van der Waals surface area (Å²) in [6.07, 6.45) is 7.89. The zero-order valence-electron chi connectivity index (χ0n) is 21.7. The van der Waals surface area contributed by atoms with Crippen LogP contribution >= 0.6 is 0 Å². The SMILES string of the molecule is COc1ccc(CC(=O)N2CCC3(CC2)CN([C@@H]2CCc4cc(-c5ccc(C(N)=O)cn5)ccc42)C3)nc1. The number of hydrogen-bond donors (Lipinski definition) is 1. The molecule has 1 aromatic carbocycles. The van der Waals surface area contributed by atoms with Crippen molar-refractivity contribution in [1.29, 1.82) is 0 Å². The van der Waals surface area contributed by atoms with Gasteiger partial charge in [0.1, 0.15) is 5.75 Å². The number of carbonyl (C=O) groups excluding carboxylic acids is 2. The van der Waals surface area contributed by atoms with Crippen LogP contribution in [0.3, 0.4) is 0 Å². The largest absolute Gasteiger partial charge is 0.495 e. The maximum absolute atomic E-state index is 12.8. The van der Waals surface area contributed by atoms with Crippen molar-refractivity contribution in [2.75, 3.05) is 33.3 Å². The van der Waals surface area contributed by atoms with Crippen LogP contribution in [-0.2, 0) is 17.6 Å². The van der Waals surface area contributed by atoms with Crippen LogP contribution in [0.5, 0.6) is 5.75 Å². The molecule has 8 nitrogen and oxygen atoms in total. The molecule has 4 heterocycles. The molecular weight excluding hydrogens is 478 g/mol. The van der Waals surface area contributed by atoms with E-state index in [1.165, 1.54) is 11.1 Å². The number of nitrogens with zero attached hydrogens (tertiary/aromatic N) is 4. The molecule has 2 fully saturated rings. The van der Waals surface area contributed by atoms with Gasteiger partial charge in [-0.2, -0.15) is 0 Å². The van der Waals surface area contributed by atoms with E-state index in [0.29, 0.717) is 29.2 Å². The number of amides is 2. The Morgan fingerprint density at radius 2 is 1.87 bits per heavy atom. The lowest BCUT2D eigenvalue weighted by Gasteiger charge is -2.56. The highest BCUT2D eigenvalue weighted by Crippen LogP contribution is 2.48. The van der Waals surface area contributed by atoms with Gasteiger partial charge in [-0.05, 0) is 72.6 Å². The molecule has 0 saturated carbocycles. The maximum Gasteiger partial charge on any atom is 0.250 e. The Balaban J connectivity index is 1.03.